The van der Waals surface area contributed by atoms with Crippen molar-refractivity contribution in [3.63, 3.8) is 0 Å². The number of fused-ring (bicyclic) bond motifs is 1. The fourth-order valence-electron chi connectivity index (χ4n) is 3.51. The molecule has 3 heterocycles. The molecule has 1 amide bonds. The molecule has 4 aromatic rings. The molecule has 0 aliphatic heterocycles. The van der Waals surface area contributed by atoms with E-state index in [0.29, 0.717) is 29.1 Å². The number of hydrogen-bond donors (Lipinski definition) is 3. The molecular formula is C23H27N7O3. The average Bonchev–Trinajstić information content (AvgIpc) is 3.29. The number of imidazole rings is 1. The molecule has 0 saturated heterocycles. The van der Waals surface area contributed by atoms with Gasteiger partial charge in [0.1, 0.15) is 24.0 Å². The van der Waals surface area contributed by atoms with Crippen molar-refractivity contribution in [2.24, 2.45) is 7.05 Å². The Morgan fingerprint density at radius 3 is 2.55 bits per heavy atom. The number of aromatic nitrogens is 5. The number of rotatable bonds is 6. The number of carbonyl (C=O) groups is 1. The molecule has 4 rings (SSSR count). The maximum Gasteiger partial charge on any atom is 0.222 e. The zero-order valence-electron chi connectivity index (χ0n) is 19.2. The van der Waals surface area contributed by atoms with Crippen LogP contribution in [0.2, 0.25) is 0 Å². The fraction of sp³-hybridized carbons (Fsp3) is 0.304. The number of benzene rings is 1. The second kappa shape index (κ2) is 8.55. The van der Waals surface area contributed by atoms with Gasteiger partial charge in [0.25, 0.3) is 0 Å². The molecule has 172 valence electrons. The van der Waals surface area contributed by atoms with E-state index in [9.17, 15) is 9.90 Å². The highest BCUT2D eigenvalue weighted by Crippen LogP contribution is 2.30. The van der Waals surface area contributed by atoms with Crippen molar-refractivity contribution in [3.05, 3.63) is 48.3 Å². The molecule has 0 saturated carbocycles. The minimum absolute atomic E-state index is 0.166. The number of ether oxygens (including phenoxy) is 1. The molecule has 0 spiro atoms. The van der Waals surface area contributed by atoms with Gasteiger partial charge < -0.3 is 25.0 Å². The molecule has 0 aliphatic carbocycles. The Morgan fingerprint density at radius 1 is 1.12 bits per heavy atom. The van der Waals surface area contributed by atoms with Crippen LogP contribution in [0, 0.1) is 0 Å². The topological polar surface area (TPSA) is 119 Å². The van der Waals surface area contributed by atoms with Gasteiger partial charge in [0, 0.05) is 49.5 Å². The van der Waals surface area contributed by atoms with E-state index in [-0.39, 0.29) is 18.1 Å². The number of aryl methyl sites for hydroxylation is 1. The van der Waals surface area contributed by atoms with Crippen LogP contribution in [0.5, 0.6) is 11.5 Å². The lowest BCUT2D eigenvalue weighted by Crippen LogP contribution is -2.18. The minimum atomic E-state index is -0.200. The predicted molar refractivity (Wildman–Crippen MR) is 126 cm³/mol. The third-order valence-electron chi connectivity index (χ3n) is 5.05. The molecule has 0 unspecified atom stereocenters. The van der Waals surface area contributed by atoms with Gasteiger partial charge in [0.2, 0.25) is 11.9 Å². The SMILES string of the molecule is CC(=O)Nc1cc(Oc2ccc3nc(Nc4cc(C(C)(C)C)n(CO)n4)n(C)c3c2)ccn1. The van der Waals surface area contributed by atoms with Gasteiger partial charge in [0.05, 0.1) is 11.0 Å². The third kappa shape index (κ3) is 4.80. The summed E-state index contributed by atoms with van der Waals surface area (Å²) in [6.45, 7) is 7.43. The summed E-state index contributed by atoms with van der Waals surface area (Å²) in [4.78, 5) is 20.0. The van der Waals surface area contributed by atoms with Crippen molar-refractivity contribution in [2.45, 2.75) is 39.8 Å². The van der Waals surface area contributed by atoms with E-state index < -0.39 is 0 Å². The predicted octanol–water partition coefficient (Wildman–Crippen LogP) is 3.91. The Balaban J connectivity index is 1.59. The van der Waals surface area contributed by atoms with E-state index in [2.05, 4.69) is 46.5 Å². The smallest absolute Gasteiger partial charge is 0.222 e. The van der Waals surface area contributed by atoms with Gasteiger partial charge >= 0.3 is 0 Å². The Morgan fingerprint density at radius 2 is 1.88 bits per heavy atom. The van der Waals surface area contributed by atoms with Crippen LogP contribution >= 0.6 is 0 Å². The first-order chi connectivity index (χ1) is 15.6. The zero-order chi connectivity index (χ0) is 23.8. The van der Waals surface area contributed by atoms with E-state index in [4.69, 9.17) is 4.74 Å². The van der Waals surface area contributed by atoms with Gasteiger partial charge in [-0.2, -0.15) is 5.10 Å². The first kappa shape index (κ1) is 22.3. The second-order valence-electron chi connectivity index (χ2n) is 8.74. The third-order valence-corrected chi connectivity index (χ3v) is 5.05. The first-order valence-electron chi connectivity index (χ1n) is 10.5. The molecule has 3 N–H and O–H groups in total. The molecule has 33 heavy (non-hydrogen) atoms. The molecule has 10 heteroatoms. The number of aliphatic hydroxyl groups excluding tert-OH is 1. The monoisotopic (exact) mass is 449 g/mol. The van der Waals surface area contributed by atoms with Crippen molar-refractivity contribution < 1.29 is 14.6 Å². The molecule has 0 atom stereocenters. The van der Waals surface area contributed by atoms with Gasteiger partial charge in [-0.1, -0.05) is 20.8 Å². The van der Waals surface area contributed by atoms with Crippen LogP contribution in [0.3, 0.4) is 0 Å². The molecule has 0 radical (unpaired) electrons. The molecule has 1 aromatic carbocycles. The number of anilines is 3. The van der Waals surface area contributed by atoms with Crippen molar-refractivity contribution in [1.82, 2.24) is 24.3 Å². The lowest BCUT2D eigenvalue weighted by molar-refractivity contribution is -0.114. The van der Waals surface area contributed by atoms with Crippen molar-refractivity contribution in [2.75, 3.05) is 10.6 Å². The largest absolute Gasteiger partial charge is 0.457 e. The highest BCUT2D eigenvalue weighted by atomic mass is 16.5. The van der Waals surface area contributed by atoms with Gasteiger partial charge in [-0.3, -0.25) is 4.79 Å². The second-order valence-corrected chi connectivity index (χ2v) is 8.74. The first-order valence-corrected chi connectivity index (χ1v) is 10.5. The fourth-order valence-corrected chi connectivity index (χ4v) is 3.51. The summed E-state index contributed by atoms with van der Waals surface area (Å²) in [5.41, 5.74) is 2.40. The van der Waals surface area contributed by atoms with Crippen molar-refractivity contribution in [3.8, 4) is 11.5 Å². The van der Waals surface area contributed by atoms with E-state index in [1.54, 1.807) is 23.0 Å². The maximum absolute atomic E-state index is 11.3. The summed E-state index contributed by atoms with van der Waals surface area (Å²) in [7, 11) is 1.90. The highest BCUT2D eigenvalue weighted by Gasteiger charge is 2.21. The lowest BCUT2D eigenvalue weighted by Gasteiger charge is -2.18. The van der Waals surface area contributed by atoms with Crippen LogP contribution in [0.25, 0.3) is 11.0 Å². The van der Waals surface area contributed by atoms with Crippen LogP contribution < -0.4 is 15.4 Å². The summed E-state index contributed by atoms with van der Waals surface area (Å²) in [5, 5.41) is 20.0. The Hall–Kier alpha value is -3.92. The number of nitrogens with zero attached hydrogens (tertiary/aromatic N) is 5. The Bertz CT molecular complexity index is 1320. The molecule has 0 aliphatic rings. The number of carbonyl (C=O) groups excluding carboxylic acids is 1. The van der Waals surface area contributed by atoms with Crippen LogP contribution in [0.15, 0.2) is 42.6 Å². The van der Waals surface area contributed by atoms with Crippen LogP contribution in [0.1, 0.15) is 33.4 Å². The molecular weight excluding hydrogens is 422 g/mol. The van der Waals surface area contributed by atoms with E-state index >= 15 is 0 Å². The Labute approximate surface area is 191 Å². The number of amides is 1. The molecule has 0 fully saturated rings. The standard InChI is InChI=1S/C23H27N7O3/c1-14(32)25-20-11-16(8-9-24-20)33-15-6-7-17-18(10-15)29(5)22(26-17)27-21-12-19(23(2,3)4)30(13-31)28-21/h6-12,31H,13H2,1-5H3,(H,24,25,32)(H,26,27,28). The summed E-state index contributed by atoms with van der Waals surface area (Å²) in [6.07, 6.45) is 1.57. The molecule has 0 bridgehead atoms. The number of aliphatic hydroxyl groups is 1. The van der Waals surface area contributed by atoms with Gasteiger partial charge in [-0.05, 0) is 18.2 Å². The number of nitrogens with one attached hydrogen (secondary N) is 2. The zero-order valence-corrected chi connectivity index (χ0v) is 19.2. The summed E-state index contributed by atoms with van der Waals surface area (Å²) >= 11 is 0. The summed E-state index contributed by atoms with van der Waals surface area (Å²) in [6, 6.07) is 10.9. The average molecular weight is 450 g/mol. The molecule has 10 nitrogen and oxygen atoms in total. The molecule has 3 aromatic heterocycles. The number of pyridine rings is 1. The van der Waals surface area contributed by atoms with Crippen LogP contribution in [0.4, 0.5) is 17.6 Å². The maximum atomic E-state index is 11.3. The van der Waals surface area contributed by atoms with Gasteiger partial charge in [-0.25, -0.2) is 14.6 Å². The van der Waals surface area contributed by atoms with E-state index in [1.165, 1.54) is 6.92 Å². The lowest BCUT2D eigenvalue weighted by atomic mass is 9.92. The summed E-state index contributed by atoms with van der Waals surface area (Å²) < 4.78 is 9.45. The van der Waals surface area contributed by atoms with Gasteiger partial charge in [-0.15, -0.1) is 0 Å². The Kier molecular flexibility index (Phi) is 5.77. The van der Waals surface area contributed by atoms with E-state index in [1.807, 2.05) is 35.9 Å². The normalized spacial score (nSPS) is 11.6. The van der Waals surface area contributed by atoms with Crippen LogP contribution in [-0.4, -0.2) is 35.3 Å². The van der Waals surface area contributed by atoms with E-state index in [0.717, 1.165) is 16.7 Å². The van der Waals surface area contributed by atoms with Crippen molar-refractivity contribution in [1.29, 1.82) is 0 Å². The summed E-state index contributed by atoms with van der Waals surface area (Å²) in [5.74, 6) is 2.61. The number of hydrogen-bond acceptors (Lipinski definition) is 7. The minimum Gasteiger partial charge on any atom is -0.457 e. The quantitative estimate of drug-likeness (QED) is 0.408. The van der Waals surface area contributed by atoms with Crippen molar-refractivity contribution >= 4 is 34.5 Å². The van der Waals surface area contributed by atoms with Gasteiger partial charge in [0.15, 0.2) is 5.82 Å². The van der Waals surface area contributed by atoms with Crippen LogP contribution in [-0.2, 0) is 24.0 Å². The highest BCUT2D eigenvalue weighted by molar-refractivity contribution is 5.87.